The third-order valence-corrected chi connectivity index (χ3v) is 5.59. The Labute approximate surface area is 160 Å². The van der Waals surface area contributed by atoms with Crippen molar-refractivity contribution in [2.45, 2.75) is 33.1 Å². The van der Waals surface area contributed by atoms with Crippen molar-refractivity contribution < 1.29 is 9.21 Å². The minimum atomic E-state index is 0.0407. The molecule has 0 unspecified atom stereocenters. The van der Waals surface area contributed by atoms with E-state index in [1.165, 1.54) is 19.1 Å². The molecule has 2 aromatic heterocycles. The molecular formula is C20H27N5O2. The molecule has 0 atom stereocenters. The first kappa shape index (κ1) is 17.8. The van der Waals surface area contributed by atoms with Crippen molar-refractivity contribution in [1.82, 2.24) is 14.9 Å². The summed E-state index contributed by atoms with van der Waals surface area (Å²) in [6.45, 7) is 9.34. The number of carbonyl (C=O) groups is 1. The Balaban J connectivity index is 1.52. The number of hydrogen-bond donors (Lipinski definition) is 0. The van der Waals surface area contributed by atoms with E-state index in [4.69, 9.17) is 14.4 Å². The molecule has 0 spiro atoms. The van der Waals surface area contributed by atoms with Crippen LogP contribution in [-0.4, -0.2) is 60.0 Å². The quantitative estimate of drug-likeness (QED) is 0.829. The molecule has 0 radical (unpaired) electrons. The maximum Gasteiger partial charge on any atom is 0.257 e. The second kappa shape index (κ2) is 7.58. The van der Waals surface area contributed by atoms with Crippen molar-refractivity contribution in [1.29, 1.82) is 0 Å². The summed E-state index contributed by atoms with van der Waals surface area (Å²) in [4.78, 5) is 28.8. The summed E-state index contributed by atoms with van der Waals surface area (Å²) in [5.74, 6) is 1.90. The normalized spacial score (nSPS) is 18.1. The van der Waals surface area contributed by atoms with E-state index in [-0.39, 0.29) is 5.91 Å². The first-order valence-corrected chi connectivity index (χ1v) is 9.80. The Hall–Kier alpha value is -2.57. The average molecular weight is 369 g/mol. The zero-order chi connectivity index (χ0) is 18.8. The van der Waals surface area contributed by atoms with E-state index in [1.807, 2.05) is 4.90 Å². The molecule has 0 saturated carbocycles. The van der Waals surface area contributed by atoms with Crippen LogP contribution in [0.5, 0.6) is 0 Å². The number of carbonyl (C=O) groups excluding carboxylic acids is 1. The second-order valence-corrected chi connectivity index (χ2v) is 7.40. The zero-order valence-electron chi connectivity index (χ0n) is 16.1. The van der Waals surface area contributed by atoms with Gasteiger partial charge in [-0.2, -0.15) is 4.98 Å². The van der Waals surface area contributed by atoms with Crippen LogP contribution in [0.1, 0.15) is 40.9 Å². The Morgan fingerprint density at radius 1 is 0.963 bits per heavy atom. The highest BCUT2D eigenvalue weighted by molar-refractivity contribution is 5.93. The number of aryl methyl sites for hydroxylation is 1. The third kappa shape index (κ3) is 3.63. The van der Waals surface area contributed by atoms with E-state index >= 15 is 0 Å². The van der Waals surface area contributed by atoms with Crippen LogP contribution in [0.15, 0.2) is 23.0 Å². The van der Waals surface area contributed by atoms with Gasteiger partial charge in [0.2, 0.25) is 5.95 Å². The van der Waals surface area contributed by atoms with Crippen molar-refractivity contribution in [2.24, 2.45) is 0 Å². The molecule has 0 N–H and O–H groups in total. The van der Waals surface area contributed by atoms with Crippen LogP contribution in [0.4, 0.5) is 11.8 Å². The molecule has 4 heterocycles. The summed E-state index contributed by atoms with van der Waals surface area (Å²) in [6.07, 6.45) is 6.40. The molecule has 0 aromatic carbocycles. The fourth-order valence-corrected chi connectivity index (χ4v) is 3.87. The number of amides is 1. The van der Waals surface area contributed by atoms with Crippen LogP contribution in [0, 0.1) is 13.8 Å². The van der Waals surface area contributed by atoms with E-state index in [9.17, 15) is 4.79 Å². The van der Waals surface area contributed by atoms with Gasteiger partial charge in [-0.05, 0) is 39.2 Å². The number of rotatable bonds is 3. The predicted octanol–water partition coefficient (Wildman–Crippen LogP) is 2.64. The summed E-state index contributed by atoms with van der Waals surface area (Å²) in [7, 11) is 0. The first-order chi connectivity index (χ1) is 13.1. The van der Waals surface area contributed by atoms with Gasteiger partial charge in [-0.1, -0.05) is 0 Å². The summed E-state index contributed by atoms with van der Waals surface area (Å²) in [6, 6.07) is 1.73. The molecule has 4 rings (SSSR count). The highest BCUT2D eigenvalue weighted by Crippen LogP contribution is 2.26. The summed E-state index contributed by atoms with van der Waals surface area (Å²) < 4.78 is 5.06. The van der Waals surface area contributed by atoms with Gasteiger partial charge in [-0.25, -0.2) is 4.98 Å². The largest absolute Gasteiger partial charge is 0.472 e. The van der Waals surface area contributed by atoms with Crippen molar-refractivity contribution in [3.63, 3.8) is 0 Å². The van der Waals surface area contributed by atoms with E-state index in [2.05, 4.69) is 23.6 Å². The molecular weight excluding hydrogens is 342 g/mol. The van der Waals surface area contributed by atoms with Crippen molar-refractivity contribution in [2.75, 3.05) is 49.1 Å². The van der Waals surface area contributed by atoms with Gasteiger partial charge in [-0.15, -0.1) is 0 Å². The van der Waals surface area contributed by atoms with Gasteiger partial charge in [0.25, 0.3) is 5.91 Å². The molecule has 2 aliphatic heterocycles. The van der Waals surface area contributed by atoms with Gasteiger partial charge < -0.3 is 19.1 Å². The van der Waals surface area contributed by atoms with Gasteiger partial charge >= 0.3 is 0 Å². The maximum absolute atomic E-state index is 12.6. The van der Waals surface area contributed by atoms with E-state index in [0.29, 0.717) is 12.1 Å². The molecule has 1 amide bonds. The minimum absolute atomic E-state index is 0.0407. The van der Waals surface area contributed by atoms with Crippen LogP contribution < -0.4 is 9.80 Å². The molecule has 2 saturated heterocycles. The Bertz CT molecular complexity index is 799. The first-order valence-electron chi connectivity index (χ1n) is 9.80. The lowest BCUT2D eigenvalue weighted by molar-refractivity contribution is 0.0766. The van der Waals surface area contributed by atoms with Crippen molar-refractivity contribution >= 4 is 17.7 Å². The average Bonchev–Trinajstić information content (AvgIpc) is 3.34. The molecule has 7 heteroatoms. The smallest absolute Gasteiger partial charge is 0.257 e. The molecule has 0 aliphatic carbocycles. The van der Waals surface area contributed by atoms with E-state index in [1.54, 1.807) is 12.3 Å². The lowest BCUT2D eigenvalue weighted by atomic mass is 10.2. The molecule has 144 valence electrons. The van der Waals surface area contributed by atoms with Crippen LogP contribution in [-0.2, 0) is 0 Å². The number of aromatic nitrogens is 2. The maximum atomic E-state index is 12.6. The topological polar surface area (TPSA) is 65.7 Å². The van der Waals surface area contributed by atoms with Crippen LogP contribution in [0.3, 0.4) is 0 Å². The number of furan rings is 1. The number of nitrogens with zero attached hydrogens (tertiary/aromatic N) is 5. The molecule has 2 fully saturated rings. The molecule has 0 bridgehead atoms. The fraction of sp³-hybridized carbons (Fsp3) is 0.550. The second-order valence-electron chi connectivity index (χ2n) is 7.40. The fourth-order valence-electron chi connectivity index (χ4n) is 3.87. The SMILES string of the molecule is Cc1nc(N2CCCC2)nc(N2CCCN(C(=O)c3ccoc3)CC2)c1C. The van der Waals surface area contributed by atoms with Gasteiger partial charge in [-0.3, -0.25) is 4.79 Å². The molecule has 2 aliphatic rings. The van der Waals surface area contributed by atoms with Crippen LogP contribution in [0.25, 0.3) is 0 Å². The summed E-state index contributed by atoms with van der Waals surface area (Å²) in [5.41, 5.74) is 2.79. The van der Waals surface area contributed by atoms with E-state index in [0.717, 1.165) is 62.2 Å². The van der Waals surface area contributed by atoms with Crippen LogP contribution >= 0.6 is 0 Å². The lowest BCUT2D eigenvalue weighted by Crippen LogP contribution is -2.35. The van der Waals surface area contributed by atoms with Gasteiger partial charge in [0, 0.05) is 50.5 Å². The van der Waals surface area contributed by atoms with Gasteiger partial charge in [0.05, 0.1) is 11.8 Å². The monoisotopic (exact) mass is 369 g/mol. The third-order valence-electron chi connectivity index (χ3n) is 5.59. The molecule has 2 aromatic rings. The van der Waals surface area contributed by atoms with E-state index < -0.39 is 0 Å². The lowest BCUT2D eigenvalue weighted by Gasteiger charge is -2.26. The highest BCUT2D eigenvalue weighted by atomic mass is 16.3. The standard InChI is InChI=1S/C20H27N5O2/c1-15-16(2)21-20(25-7-3-4-8-25)22-18(15)23-9-5-10-24(12-11-23)19(26)17-6-13-27-14-17/h6,13-14H,3-5,7-12H2,1-2H3. The minimum Gasteiger partial charge on any atom is -0.472 e. The van der Waals surface area contributed by atoms with Crippen molar-refractivity contribution in [3.05, 3.63) is 35.4 Å². The van der Waals surface area contributed by atoms with Gasteiger partial charge in [0.15, 0.2) is 0 Å². The zero-order valence-corrected chi connectivity index (χ0v) is 16.1. The highest BCUT2D eigenvalue weighted by Gasteiger charge is 2.24. The summed E-state index contributed by atoms with van der Waals surface area (Å²) >= 11 is 0. The van der Waals surface area contributed by atoms with Crippen LogP contribution in [0.2, 0.25) is 0 Å². The summed E-state index contributed by atoms with van der Waals surface area (Å²) in [5, 5.41) is 0. The Morgan fingerprint density at radius 2 is 1.74 bits per heavy atom. The predicted molar refractivity (Wildman–Crippen MR) is 104 cm³/mol. The van der Waals surface area contributed by atoms with Crippen molar-refractivity contribution in [3.8, 4) is 0 Å². The Kier molecular flexibility index (Phi) is 5.01. The molecule has 27 heavy (non-hydrogen) atoms. The number of hydrogen-bond acceptors (Lipinski definition) is 6. The Morgan fingerprint density at radius 3 is 2.48 bits per heavy atom. The van der Waals surface area contributed by atoms with Gasteiger partial charge in [0.1, 0.15) is 12.1 Å². The molecule has 7 nitrogen and oxygen atoms in total. The number of anilines is 2.